The fraction of sp³-hybridized carbons (Fsp3) is 0.286. The predicted molar refractivity (Wildman–Crippen MR) is 113 cm³/mol. The van der Waals surface area contributed by atoms with Crippen LogP contribution in [0.2, 0.25) is 0 Å². The largest absolute Gasteiger partial charge is 0.417 e. The number of anilines is 1. The third-order valence-electron chi connectivity index (χ3n) is 5.17. The molecular weight excluding hydrogens is 475 g/mol. The number of carbonyl (C=O) groups is 1. The zero-order chi connectivity index (χ0) is 22.0. The molecule has 2 aromatic heterocycles. The number of benzene rings is 1. The first-order valence-electron chi connectivity index (χ1n) is 9.69. The molecule has 0 atom stereocenters. The Morgan fingerprint density at radius 2 is 1.77 bits per heavy atom. The lowest BCUT2D eigenvalue weighted by molar-refractivity contribution is -0.137. The second kappa shape index (κ2) is 8.70. The molecule has 1 N–H and O–H groups in total. The van der Waals surface area contributed by atoms with E-state index in [0.717, 1.165) is 22.4 Å². The van der Waals surface area contributed by atoms with Crippen LogP contribution in [0, 0.1) is 0 Å². The number of rotatable bonds is 4. The van der Waals surface area contributed by atoms with Gasteiger partial charge in [0.25, 0.3) is 5.91 Å². The fourth-order valence-electron chi connectivity index (χ4n) is 3.47. The molecule has 1 saturated heterocycles. The maximum absolute atomic E-state index is 12.7. The lowest BCUT2D eigenvalue weighted by atomic mass is 10.0. The molecule has 3 heterocycles. The number of hydrogen-bond acceptors (Lipinski definition) is 4. The van der Waals surface area contributed by atoms with Gasteiger partial charge in [-0.1, -0.05) is 0 Å². The van der Waals surface area contributed by atoms with E-state index in [1.807, 2.05) is 23.2 Å². The minimum atomic E-state index is -4.39. The SMILES string of the molecule is O=C(NC1CCN(c2ccc(C(F)(F)F)cn2)CC1)c1ccc(-n2cc(Br)cn2)cc1. The standard InChI is InChI=1S/C21H19BrF3N5O/c22-16-12-27-30(13-16)18-4-1-14(2-5-18)20(31)28-17-7-9-29(10-8-17)19-6-3-15(11-26-19)21(23,24)25/h1-6,11-13,17H,7-10H2,(H,28,31). The Morgan fingerprint density at radius 1 is 1.06 bits per heavy atom. The Labute approximate surface area is 185 Å². The second-order valence-corrected chi connectivity index (χ2v) is 8.20. The van der Waals surface area contributed by atoms with Gasteiger partial charge in [-0.05, 0) is 65.2 Å². The average Bonchev–Trinajstić information content (AvgIpc) is 3.20. The van der Waals surface area contributed by atoms with Crippen molar-refractivity contribution in [1.29, 1.82) is 0 Å². The van der Waals surface area contributed by atoms with Gasteiger partial charge in [0.15, 0.2) is 0 Å². The summed E-state index contributed by atoms with van der Waals surface area (Å²) < 4.78 is 40.6. The van der Waals surface area contributed by atoms with E-state index in [2.05, 4.69) is 31.3 Å². The third-order valence-corrected chi connectivity index (χ3v) is 5.58. The van der Waals surface area contributed by atoms with Crippen LogP contribution in [-0.4, -0.2) is 39.8 Å². The number of nitrogens with one attached hydrogen (secondary N) is 1. The first kappa shape index (κ1) is 21.4. The van der Waals surface area contributed by atoms with Crippen molar-refractivity contribution in [2.24, 2.45) is 0 Å². The summed E-state index contributed by atoms with van der Waals surface area (Å²) in [4.78, 5) is 18.5. The third kappa shape index (κ3) is 5.07. The molecule has 0 radical (unpaired) electrons. The molecule has 4 rings (SSSR count). The smallest absolute Gasteiger partial charge is 0.356 e. The lowest BCUT2D eigenvalue weighted by Crippen LogP contribution is -2.45. The highest BCUT2D eigenvalue weighted by atomic mass is 79.9. The molecule has 1 aliphatic rings. The summed E-state index contributed by atoms with van der Waals surface area (Å²) in [5.41, 5.74) is 0.644. The number of hydrogen-bond donors (Lipinski definition) is 1. The summed E-state index contributed by atoms with van der Waals surface area (Å²) in [6.45, 7) is 1.22. The summed E-state index contributed by atoms with van der Waals surface area (Å²) in [6.07, 6.45) is 1.36. The highest BCUT2D eigenvalue weighted by Gasteiger charge is 2.31. The Hall–Kier alpha value is -2.88. The van der Waals surface area contributed by atoms with Gasteiger partial charge < -0.3 is 10.2 Å². The van der Waals surface area contributed by atoms with E-state index in [0.29, 0.717) is 37.3 Å². The Bertz CT molecular complexity index is 1040. The van der Waals surface area contributed by atoms with Crippen molar-refractivity contribution in [3.05, 3.63) is 70.6 Å². The van der Waals surface area contributed by atoms with Gasteiger partial charge in [0.1, 0.15) is 5.82 Å². The summed E-state index contributed by atoms with van der Waals surface area (Å²) >= 11 is 3.35. The monoisotopic (exact) mass is 493 g/mol. The van der Waals surface area contributed by atoms with Gasteiger partial charge in [0.2, 0.25) is 0 Å². The van der Waals surface area contributed by atoms with Crippen LogP contribution < -0.4 is 10.2 Å². The Kier molecular flexibility index (Phi) is 5.99. The number of amides is 1. The van der Waals surface area contributed by atoms with Gasteiger partial charge in [0.05, 0.1) is 21.9 Å². The summed E-state index contributed by atoms with van der Waals surface area (Å²) in [6, 6.07) is 9.59. The molecule has 0 saturated carbocycles. The zero-order valence-electron chi connectivity index (χ0n) is 16.3. The quantitative estimate of drug-likeness (QED) is 0.583. The molecular formula is C21H19BrF3N5O. The summed E-state index contributed by atoms with van der Waals surface area (Å²) in [5.74, 6) is 0.359. The van der Waals surface area contributed by atoms with Gasteiger partial charge in [-0.15, -0.1) is 0 Å². The Morgan fingerprint density at radius 3 is 2.32 bits per heavy atom. The predicted octanol–water partition coefficient (Wildman–Crippen LogP) is 4.45. The van der Waals surface area contributed by atoms with Crippen molar-refractivity contribution in [3.63, 3.8) is 0 Å². The van der Waals surface area contributed by atoms with Crippen molar-refractivity contribution >= 4 is 27.7 Å². The number of alkyl halides is 3. The molecule has 0 spiro atoms. The van der Waals surface area contributed by atoms with E-state index >= 15 is 0 Å². The van der Waals surface area contributed by atoms with Crippen molar-refractivity contribution in [1.82, 2.24) is 20.1 Å². The topological polar surface area (TPSA) is 63.1 Å². The van der Waals surface area contributed by atoms with Crippen molar-refractivity contribution < 1.29 is 18.0 Å². The van der Waals surface area contributed by atoms with Gasteiger partial charge in [-0.25, -0.2) is 9.67 Å². The van der Waals surface area contributed by atoms with Gasteiger partial charge in [0, 0.05) is 37.1 Å². The number of piperidine rings is 1. The number of aromatic nitrogens is 3. The number of nitrogens with zero attached hydrogens (tertiary/aromatic N) is 4. The van der Waals surface area contributed by atoms with Crippen molar-refractivity contribution in [3.8, 4) is 5.69 Å². The first-order valence-corrected chi connectivity index (χ1v) is 10.5. The molecule has 0 unspecified atom stereocenters. The molecule has 3 aromatic rings. The van der Waals surface area contributed by atoms with Crippen LogP contribution in [0.3, 0.4) is 0 Å². The number of halogens is 4. The van der Waals surface area contributed by atoms with E-state index in [-0.39, 0.29) is 11.9 Å². The van der Waals surface area contributed by atoms with Gasteiger partial charge in [-0.3, -0.25) is 4.79 Å². The van der Waals surface area contributed by atoms with Crippen LogP contribution in [0.1, 0.15) is 28.8 Å². The summed E-state index contributed by atoms with van der Waals surface area (Å²) in [7, 11) is 0. The zero-order valence-corrected chi connectivity index (χ0v) is 17.9. The Balaban J connectivity index is 1.31. The van der Waals surface area contributed by atoms with Crippen LogP contribution in [0.25, 0.3) is 5.69 Å². The molecule has 1 fully saturated rings. The first-order chi connectivity index (χ1) is 14.8. The van der Waals surface area contributed by atoms with E-state index in [9.17, 15) is 18.0 Å². The molecule has 0 bridgehead atoms. The van der Waals surface area contributed by atoms with E-state index in [1.165, 1.54) is 6.07 Å². The highest BCUT2D eigenvalue weighted by molar-refractivity contribution is 9.10. The van der Waals surface area contributed by atoms with Crippen molar-refractivity contribution in [2.75, 3.05) is 18.0 Å². The molecule has 10 heteroatoms. The van der Waals surface area contributed by atoms with Crippen molar-refractivity contribution in [2.45, 2.75) is 25.1 Å². The molecule has 1 amide bonds. The maximum atomic E-state index is 12.7. The second-order valence-electron chi connectivity index (χ2n) is 7.29. The highest BCUT2D eigenvalue weighted by Crippen LogP contribution is 2.29. The molecule has 1 aliphatic heterocycles. The molecule has 31 heavy (non-hydrogen) atoms. The van der Waals surface area contributed by atoms with Gasteiger partial charge in [-0.2, -0.15) is 18.3 Å². The molecule has 0 aliphatic carbocycles. The number of pyridine rings is 1. The normalized spacial score (nSPS) is 15.2. The van der Waals surface area contributed by atoms with Crippen LogP contribution in [0.15, 0.2) is 59.5 Å². The van der Waals surface area contributed by atoms with Crippen LogP contribution >= 0.6 is 15.9 Å². The fourth-order valence-corrected chi connectivity index (χ4v) is 3.76. The minimum Gasteiger partial charge on any atom is -0.356 e. The van der Waals surface area contributed by atoms with E-state index < -0.39 is 11.7 Å². The average molecular weight is 494 g/mol. The van der Waals surface area contributed by atoms with Gasteiger partial charge >= 0.3 is 6.18 Å². The molecule has 162 valence electrons. The summed E-state index contributed by atoms with van der Waals surface area (Å²) in [5, 5.41) is 7.24. The van der Waals surface area contributed by atoms with E-state index in [4.69, 9.17) is 0 Å². The van der Waals surface area contributed by atoms with E-state index in [1.54, 1.807) is 23.0 Å². The van der Waals surface area contributed by atoms with Crippen LogP contribution in [0.5, 0.6) is 0 Å². The number of carbonyl (C=O) groups excluding carboxylic acids is 1. The molecule has 6 nitrogen and oxygen atoms in total. The van der Waals surface area contributed by atoms with Crippen LogP contribution in [0.4, 0.5) is 19.0 Å². The lowest BCUT2D eigenvalue weighted by Gasteiger charge is -2.33. The van der Waals surface area contributed by atoms with Crippen LogP contribution in [-0.2, 0) is 6.18 Å². The minimum absolute atomic E-state index is 0.0000503. The molecule has 1 aromatic carbocycles. The maximum Gasteiger partial charge on any atom is 0.417 e.